The fraction of sp³-hybridized carbons (Fsp3) is 0.231. The molecule has 0 amide bonds. The second-order valence-corrected chi connectivity index (χ2v) is 6.41. The van der Waals surface area contributed by atoms with Crippen LogP contribution in [-0.4, -0.2) is 7.05 Å². The monoisotopic (exact) mass is 344 g/mol. The first kappa shape index (κ1) is 13.9. The van der Waals surface area contributed by atoms with Gasteiger partial charge in [-0.25, -0.2) is 0 Å². The molecular formula is C13H14BrClN2S. The van der Waals surface area contributed by atoms with Crippen LogP contribution in [0.25, 0.3) is 0 Å². The molecule has 1 aromatic heterocycles. The summed E-state index contributed by atoms with van der Waals surface area (Å²) in [7, 11) is 2.07. The first-order valence-electron chi connectivity index (χ1n) is 5.52. The first-order valence-corrected chi connectivity index (χ1v) is 7.57. The number of nitrogens with two attached hydrogens (primary N) is 1. The number of anilines is 1. The van der Waals surface area contributed by atoms with Crippen molar-refractivity contribution in [1.29, 1.82) is 0 Å². The molecule has 0 bridgehead atoms. The Morgan fingerprint density at radius 2 is 2.17 bits per heavy atom. The molecule has 2 N–H and O–H groups in total. The highest BCUT2D eigenvalue weighted by molar-refractivity contribution is 9.10. The predicted octanol–water partition coefficient (Wildman–Crippen LogP) is 4.26. The van der Waals surface area contributed by atoms with E-state index in [4.69, 9.17) is 17.3 Å². The lowest BCUT2D eigenvalue weighted by atomic mass is 10.1. The highest BCUT2D eigenvalue weighted by atomic mass is 79.9. The van der Waals surface area contributed by atoms with Crippen LogP contribution in [0.15, 0.2) is 34.1 Å². The van der Waals surface area contributed by atoms with Gasteiger partial charge < -0.3 is 10.6 Å². The summed E-state index contributed by atoms with van der Waals surface area (Å²) >= 11 is 11.2. The van der Waals surface area contributed by atoms with E-state index in [0.29, 0.717) is 6.54 Å². The van der Waals surface area contributed by atoms with Crippen molar-refractivity contribution in [1.82, 2.24) is 0 Å². The van der Waals surface area contributed by atoms with Crippen LogP contribution in [-0.2, 0) is 13.1 Å². The van der Waals surface area contributed by atoms with Gasteiger partial charge in [-0.3, -0.25) is 0 Å². The topological polar surface area (TPSA) is 29.3 Å². The molecular weight excluding hydrogens is 332 g/mol. The molecule has 2 nitrogen and oxygen atoms in total. The van der Waals surface area contributed by atoms with Gasteiger partial charge in [0.1, 0.15) is 0 Å². The minimum atomic E-state index is 0.494. The molecule has 0 radical (unpaired) electrons. The number of halogens is 2. The summed E-state index contributed by atoms with van der Waals surface area (Å²) in [6.45, 7) is 1.36. The van der Waals surface area contributed by atoms with Crippen LogP contribution in [0.2, 0.25) is 5.02 Å². The summed E-state index contributed by atoms with van der Waals surface area (Å²) in [6, 6.07) is 7.99. The SMILES string of the molecule is CN(Cc1cc(Br)cs1)c1ccc(Cl)cc1CN. The van der Waals surface area contributed by atoms with Gasteiger partial charge in [0.2, 0.25) is 0 Å². The van der Waals surface area contributed by atoms with Gasteiger partial charge in [0.15, 0.2) is 0 Å². The quantitative estimate of drug-likeness (QED) is 0.897. The van der Waals surface area contributed by atoms with Gasteiger partial charge in [-0.1, -0.05) is 11.6 Å². The van der Waals surface area contributed by atoms with Crippen LogP contribution in [0.4, 0.5) is 5.69 Å². The molecule has 0 atom stereocenters. The molecule has 2 aromatic rings. The van der Waals surface area contributed by atoms with E-state index in [1.54, 1.807) is 11.3 Å². The largest absolute Gasteiger partial charge is 0.369 e. The Morgan fingerprint density at radius 1 is 1.39 bits per heavy atom. The van der Waals surface area contributed by atoms with E-state index in [2.05, 4.69) is 39.3 Å². The van der Waals surface area contributed by atoms with Crippen molar-refractivity contribution in [2.75, 3.05) is 11.9 Å². The second-order valence-electron chi connectivity index (χ2n) is 4.06. The lowest BCUT2D eigenvalue weighted by molar-refractivity contribution is 0.917. The van der Waals surface area contributed by atoms with E-state index in [9.17, 15) is 0 Å². The highest BCUT2D eigenvalue weighted by Crippen LogP contribution is 2.27. The van der Waals surface area contributed by atoms with Crippen LogP contribution in [0, 0.1) is 0 Å². The molecule has 1 heterocycles. The third-order valence-electron chi connectivity index (χ3n) is 2.69. The van der Waals surface area contributed by atoms with Crippen molar-refractivity contribution >= 4 is 44.6 Å². The van der Waals surface area contributed by atoms with Crippen molar-refractivity contribution in [3.05, 3.63) is 49.6 Å². The molecule has 0 aliphatic carbocycles. The van der Waals surface area contributed by atoms with Crippen molar-refractivity contribution in [2.45, 2.75) is 13.1 Å². The molecule has 18 heavy (non-hydrogen) atoms. The zero-order chi connectivity index (χ0) is 13.1. The standard InChI is InChI=1S/C13H14BrClN2S/c1-17(7-12-5-10(14)8-18-12)13-3-2-11(15)4-9(13)6-16/h2-5,8H,6-7,16H2,1H3. The third kappa shape index (κ3) is 3.26. The van der Waals surface area contributed by atoms with Crippen LogP contribution in [0.5, 0.6) is 0 Å². The zero-order valence-electron chi connectivity index (χ0n) is 9.99. The van der Waals surface area contributed by atoms with E-state index in [0.717, 1.165) is 27.3 Å². The average Bonchev–Trinajstić information content (AvgIpc) is 2.74. The lowest BCUT2D eigenvalue weighted by Crippen LogP contribution is -2.18. The Hall–Kier alpha value is -0.550. The number of benzene rings is 1. The summed E-state index contributed by atoms with van der Waals surface area (Å²) in [5.74, 6) is 0. The van der Waals surface area contributed by atoms with Gasteiger partial charge in [0, 0.05) is 39.0 Å². The maximum Gasteiger partial charge on any atom is 0.0520 e. The molecule has 2 rings (SSSR count). The molecule has 1 aromatic carbocycles. The summed E-state index contributed by atoms with van der Waals surface area (Å²) < 4.78 is 1.13. The number of hydrogen-bond donors (Lipinski definition) is 1. The molecule has 0 unspecified atom stereocenters. The third-order valence-corrected chi connectivity index (χ3v) is 4.60. The van der Waals surface area contributed by atoms with Gasteiger partial charge >= 0.3 is 0 Å². The van der Waals surface area contributed by atoms with Crippen LogP contribution >= 0.6 is 38.9 Å². The van der Waals surface area contributed by atoms with E-state index in [1.165, 1.54) is 4.88 Å². The normalized spacial score (nSPS) is 10.7. The fourth-order valence-electron chi connectivity index (χ4n) is 1.85. The number of hydrogen-bond acceptors (Lipinski definition) is 3. The maximum atomic E-state index is 5.99. The van der Waals surface area contributed by atoms with Gasteiger partial charge in [-0.05, 0) is 45.8 Å². The van der Waals surface area contributed by atoms with Crippen molar-refractivity contribution < 1.29 is 0 Å². The Labute approximate surface area is 124 Å². The Morgan fingerprint density at radius 3 is 2.78 bits per heavy atom. The predicted molar refractivity (Wildman–Crippen MR) is 83.5 cm³/mol. The number of nitrogens with zero attached hydrogens (tertiary/aromatic N) is 1. The molecule has 0 saturated carbocycles. The molecule has 5 heteroatoms. The number of thiophene rings is 1. The Balaban J connectivity index is 2.20. The van der Waals surface area contributed by atoms with Gasteiger partial charge in [-0.15, -0.1) is 11.3 Å². The zero-order valence-corrected chi connectivity index (χ0v) is 13.1. The molecule has 0 fully saturated rings. The fourth-order valence-corrected chi connectivity index (χ4v) is 3.54. The second kappa shape index (κ2) is 6.06. The Kier molecular flexibility index (Phi) is 4.67. The van der Waals surface area contributed by atoms with E-state index in [1.807, 2.05) is 18.2 Å². The summed E-state index contributed by atoms with van der Waals surface area (Å²) in [5, 5.41) is 2.82. The van der Waals surface area contributed by atoms with Crippen LogP contribution in [0.1, 0.15) is 10.4 Å². The van der Waals surface area contributed by atoms with E-state index < -0.39 is 0 Å². The van der Waals surface area contributed by atoms with E-state index in [-0.39, 0.29) is 0 Å². The summed E-state index contributed by atoms with van der Waals surface area (Å²) in [5.41, 5.74) is 7.97. The lowest BCUT2D eigenvalue weighted by Gasteiger charge is -2.21. The minimum Gasteiger partial charge on any atom is -0.369 e. The van der Waals surface area contributed by atoms with Gasteiger partial charge in [0.25, 0.3) is 0 Å². The molecule has 0 spiro atoms. The molecule has 0 aliphatic rings. The Bertz CT molecular complexity index is 542. The van der Waals surface area contributed by atoms with Gasteiger partial charge in [-0.2, -0.15) is 0 Å². The van der Waals surface area contributed by atoms with Gasteiger partial charge in [0.05, 0.1) is 6.54 Å². The smallest absolute Gasteiger partial charge is 0.0520 e. The van der Waals surface area contributed by atoms with E-state index >= 15 is 0 Å². The molecule has 96 valence electrons. The van der Waals surface area contributed by atoms with Crippen LogP contribution < -0.4 is 10.6 Å². The maximum absolute atomic E-state index is 5.99. The highest BCUT2D eigenvalue weighted by Gasteiger charge is 2.09. The minimum absolute atomic E-state index is 0.494. The van der Waals surface area contributed by atoms with Crippen molar-refractivity contribution in [3.63, 3.8) is 0 Å². The average molecular weight is 346 g/mol. The summed E-state index contributed by atoms with van der Waals surface area (Å²) in [6.07, 6.45) is 0. The van der Waals surface area contributed by atoms with Crippen molar-refractivity contribution in [3.8, 4) is 0 Å². The first-order chi connectivity index (χ1) is 8.60. The molecule has 0 aliphatic heterocycles. The summed E-state index contributed by atoms with van der Waals surface area (Å²) in [4.78, 5) is 3.50. The molecule has 0 saturated heterocycles. The number of rotatable bonds is 4. The van der Waals surface area contributed by atoms with Crippen LogP contribution in [0.3, 0.4) is 0 Å². The van der Waals surface area contributed by atoms with Crippen molar-refractivity contribution in [2.24, 2.45) is 5.73 Å².